The number of hydrogen-bond donors (Lipinski definition) is 2. The number of carbonyl (C=O) groups excluding carboxylic acids is 2. The molecule has 0 saturated heterocycles. The predicted molar refractivity (Wildman–Crippen MR) is 42.3 cm³/mol. The molecule has 6 heteroatoms. The van der Waals surface area contributed by atoms with Gasteiger partial charge in [0.15, 0.2) is 0 Å². The summed E-state index contributed by atoms with van der Waals surface area (Å²) in [6.07, 6.45) is -0.385. The van der Waals surface area contributed by atoms with Gasteiger partial charge in [0.05, 0.1) is 13.2 Å². The molecule has 13 heavy (non-hydrogen) atoms. The minimum absolute atomic E-state index is 0.0634. The maximum Gasteiger partial charge on any atom is 0.407 e. The van der Waals surface area contributed by atoms with E-state index in [9.17, 15) is 14.4 Å². The van der Waals surface area contributed by atoms with Crippen LogP contribution in [0.4, 0.5) is 4.79 Å². The molecule has 0 unspecified atom stereocenters. The zero-order chi connectivity index (χ0) is 10.3. The first-order valence-electron chi connectivity index (χ1n) is 3.61. The van der Waals surface area contributed by atoms with E-state index in [2.05, 4.69) is 10.1 Å². The zero-order valence-electron chi connectivity index (χ0n) is 7.15. The fraction of sp³-hybridized carbons (Fsp3) is 0.571. The number of alkyl carbamates (subject to hydrolysis) is 1. The number of carbonyl (C=O) groups is 3. The molecule has 0 radical (unpaired) electrons. The van der Waals surface area contributed by atoms with Crippen LogP contribution < -0.4 is 5.32 Å². The normalized spacial score (nSPS) is 11.5. The minimum atomic E-state index is -1.02. The lowest BCUT2D eigenvalue weighted by Crippen LogP contribution is -2.36. The third kappa shape index (κ3) is 5.66. The quantitative estimate of drug-likeness (QED) is 0.583. The molecule has 0 aliphatic heterocycles. The van der Waals surface area contributed by atoms with Gasteiger partial charge in [0.2, 0.25) is 0 Å². The van der Waals surface area contributed by atoms with Crippen molar-refractivity contribution in [2.45, 2.75) is 18.9 Å². The molecule has 0 aliphatic rings. The fourth-order valence-corrected chi connectivity index (χ4v) is 0.664. The van der Waals surface area contributed by atoms with Crippen molar-refractivity contribution in [2.75, 3.05) is 7.11 Å². The van der Waals surface area contributed by atoms with Gasteiger partial charge in [-0.05, 0) is 6.42 Å². The number of methoxy groups -OCH3 is 1. The number of hydrogen-bond acceptors (Lipinski definition) is 4. The second-order valence-electron chi connectivity index (χ2n) is 2.31. The third-order valence-electron chi connectivity index (χ3n) is 1.32. The first-order chi connectivity index (χ1) is 6.10. The summed E-state index contributed by atoms with van der Waals surface area (Å²) in [6, 6.07) is -0.802. The highest BCUT2D eigenvalue weighted by Gasteiger charge is 2.12. The van der Waals surface area contributed by atoms with Crippen molar-refractivity contribution >= 4 is 18.3 Å². The van der Waals surface area contributed by atoms with Crippen molar-refractivity contribution in [1.82, 2.24) is 5.32 Å². The number of aliphatic carboxylic acids is 1. The number of carboxylic acid groups (broad SMARTS) is 1. The molecule has 1 amide bonds. The molecular formula is C7H11NO5. The van der Waals surface area contributed by atoms with E-state index in [0.717, 1.165) is 7.11 Å². The molecule has 0 aromatic carbocycles. The van der Waals surface area contributed by atoms with Gasteiger partial charge in [-0.25, -0.2) is 4.79 Å². The Morgan fingerprint density at radius 1 is 1.62 bits per heavy atom. The summed E-state index contributed by atoms with van der Waals surface area (Å²) >= 11 is 0. The average Bonchev–Trinajstić information content (AvgIpc) is 2.11. The standard InChI is InChI=1S/C7H11NO5/c1-13-7(12)8-5(4-9)2-3-6(10)11/h4-5H,2-3H2,1H3,(H,8,12)(H,10,11)/t5-/m0/s1. The van der Waals surface area contributed by atoms with Crippen LogP contribution in [0.1, 0.15) is 12.8 Å². The largest absolute Gasteiger partial charge is 0.481 e. The van der Waals surface area contributed by atoms with Crippen molar-refractivity contribution < 1.29 is 24.2 Å². The van der Waals surface area contributed by atoms with Crippen LogP contribution in [0.25, 0.3) is 0 Å². The lowest BCUT2D eigenvalue weighted by molar-refractivity contribution is -0.137. The van der Waals surface area contributed by atoms with Gasteiger partial charge in [-0.3, -0.25) is 4.79 Å². The summed E-state index contributed by atoms with van der Waals surface area (Å²) in [4.78, 5) is 31.0. The average molecular weight is 189 g/mol. The van der Waals surface area contributed by atoms with Gasteiger partial charge in [-0.2, -0.15) is 0 Å². The maximum atomic E-state index is 10.6. The van der Waals surface area contributed by atoms with Crippen molar-refractivity contribution in [3.8, 4) is 0 Å². The Morgan fingerprint density at radius 3 is 2.62 bits per heavy atom. The molecule has 0 aliphatic carbocycles. The summed E-state index contributed by atoms with van der Waals surface area (Å²) in [6.45, 7) is 0. The lowest BCUT2D eigenvalue weighted by atomic mass is 10.2. The Balaban J connectivity index is 3.82. The molecule has 0 bridgehead atoms. The van der Waals surface area contributed by atoms with Crippen LogP contribution in [0.15, 0.2) is 0 Å². The molecule has 6 nitrogen and oxygen atoms in total. The van der Waals surface area contributed by atoms with Crippen molar-refractivity contribution in [3.63, 3.8) is 0 Å². The van der Waals surface area contributed by atoms with Gasteiger partial charge in [-0.1, -0.05) is 0 Å². The fourth-order valence-electron chi connectivity index (χ4n) is 0.664. The van der Waals surface area contributed by atoms with Gasteiger partial charge in [0.25, 0.3) is 0 Å². The summed E-state index contributed by atoms with van der Waals surface area (Å²) in [5.74, 6) is -1.02. The highest BCUT2D eigenvalue weighted by molar-refractivity contribution is 5.74. The molecule has 74 valence electrons. The van der Waals surface area contributed by atoms with Gasteiger partial charge in [0.1, 0.15) is 6.29 Å². The van der Waals surface area contributed by atoms with Crippen molar-refractivity contribution in [1.29, 1.82) is 0 Å². The molecule has 0 saturated carbocycles. The summed E-state index contributed by atoms with van der Waals surface area (Å²) in [5, 5.41) is 10.5. The Hall–Kier alpha value is -1.59. The first-order valence-corrected chi connectivity index (χ1v) is 3.61. The van der Waals surface area contributed by atoms with Crippen LogP contribution in [0.3, 0.4) is 0 Å². The third-order valence-corrected chi connectivity index (χ3v) is 1.32. The minimum Gasteiger partial charge on any atom is -0.481 e. The Labute approximate surface area is 74.9 Å². The number of ether oxygens (including phenoxy) is 1. The van der Waals surface area contributed by atoms with Crippen LogP contribution in [0, 0.1) is 0 Å². The molecule has 0 heterocycles. The Kier molecular flexibility index (Phi) is 5.25. The summed E-state index contributed by atoms with van der Waals surface area (Å²) in [7, 11) is 1.16. The highest BCUT2D eigenvalue weighted by Crippen LogP contribution is 1.94. The van der Waals surface area contributed by atoms with Crippen LogP contribution in [0.5, 0.6) is 0 Å². The summed E-state index contributed by atoms with van der Waals surface area (Å²) in [5.41, 5.74) is 0. The van der Waals surface area contributed by atoms with E-state index < -0.39 is 18.1 Å². The number of carboxylic acids is 1. The van der Waals surface area contributed by atoms with Gasteiger partial charge in [-0.15, -0.1) is 0 Å². The zero-order valence-corrected chi connectivity index (χ0v) is 7.15. The first kappa shape index (κ1) is 11.4. The molecule has 0 rings (SSSR count). The number of nitrogens with one attached hydrogen (secondary N) is 1. The number of aldehydes is 1. The maximum absolute atomic E-state index is 10.6. The van der Waals surface area contributed by atoms with Crippen LogP contribution in [0.2, 0.25) is 0 Å². The van der Waals surface area contributed by atoms with E-state index in [1.54, 1.807) is 0 Å². The van der Waals surface area contributed by atoms with E-state index in [1.807, 2.05) is 0 Å². The van der Waals surface area contributed by atoms with E-state index in [-0.39, 0.29) is 12.8 Å². The molecule has 0 aromatic rings. The number of rotatable bonds is 5. The van der Waals surface area contributed by atoms with E-state index >= 15 is 0 Å². The van der Waals surface area contributed by atoms with Crippen LogP contribution in [-0.4, -0.2) is 36.6 Å². The van der Waals surface area contributed by atoms with Gasteiger partial charge < -0.3 is 20.0 Å². The van der Waals surface area contributed by atoms with Crippen LogP contribution in [-0.2, 0) is 14.3 Å². The molecule has 0 fully saturated rings. The van der Waals surface area contributed by atoms with Gasteiger partial charge >= 0.3 is 12.1 Å². The molecule has 0 spiro atoms. The van der Waals surface area contributed by atoms with Crippen molar-refractivity contribution in [3.05, 3.63) is 0 Å². The molecule has 1 atom stereocenters. The molecular weight excluding hydrogens is 178 g/mol. The second kappa shape index (κ2) is 5.99. The summed E-state index contributed by atoms with van der Waals surface area (Å²) < 4.78 is 4.23. The predicted octanol–water partition coefficient (Wildman–Crippen LogP) is -0.225. The Morgan fingerprint density at radius 2 is 2.23 bits per heavy atom. The second-order valence-corrected chi connectivity index (χ2v) is 2.31. The Bertz CT molecular complexity index is 203. The highest BCUT2D eigenvalue weighted by atomic mass is 16.5. The van der Waals surface area contributed by atoms with E-state index in [0.29, 0.717) is 6.29 Å². The molecule has 0 aromatic heterocycles. The van der Waals surface area contributed by atoms with Crippen molar-refractivity contribution in [2.24, 2.45) is 0 Å². The monoisotopic (exact) mass is 189 g/mol. The molecule has 2 N–H and O–H groups in total. The lowest BCUT2D eigenvalue weighted by Gasteiger charge is -2.09. The van der Waals surface area contributed by atoms with E-state index in [4.69, 9.17) is 5.11 Å². The SMILES string of the molecule is COC(=O)N[C@H](C=O)CCC(=O)O. The number of amides is 1. The van der Waals surface area contributed by atoms with Gasteiger partial charge in [0, 0.05) is 6.42 Å². The smallest absolute Gasteiger partial charge is 0.407 e. The van der Waals surface area contributed by atoms with Crippen LogP contribution >= 0.6 is 0 Å². The van der Waals surface area contributed by atoms with E-state index in [1.165, 1.54) is 0 Å². The topological polar surface area (TPSA) is 92.7 Å².